The molecule has 0 bridgehead atoms. The molecule has 0 amide bonds. The molecule has 1 unspecified atom stereocenters. The van der Waals surface area contributed by atoms with E-state index < -0.39 is 0 Å². The fourth-order valence-corrected chi connectivity index (χ4v) is 3.12. The van der Waals surface area contributed by atoms with Crippen LogP contribution in [-0.2, 0) is 0 Å². The van der Waals surface area contributed by atoms with Crippen molar-refractivity contribution in [3.05, 3.63) is 52.0 Å². The average molecular weight is 272 g/mol. The molecule has 1 heterocycles. The zero-order valence-corrected chi connectivity index (χ0v) is 12.3. The quantitative estimate of drug-likeness (QED) is 0.886. The van der Waals surface area contributed by atoms with Gasteiger partial charge in [-0.2, -0.15) is 0 Å². The van der Waals surface area contributed by atoms with Gasteiger partial charge in [-0.25, -0.2) is 4.98 Å². The van der Waals surface area contributed by atoms with Crippen molar-refractivity contribution in [2.24, 2.45) is 0 Å². The van der Waals surface area contributed by atoms with Crippen LogP contribution in [0, 0.1) is 0 Å². The maximum absolute atomic E-state index is 4.47. The van der Waals surface area contributed by atoms with Crippen LogP contribution < -0.4 is 5.32 Å². The smallest absolute Gasteiger partial charge is 0.114 e. The van der Waals surface area contributed by atoms with Gasteiger partial charge in [0.25, 0.3) is 0 Å². The molecule has 3 rings (SSSR count). The van der Waals surface area contributed by atoms with Crippen LogP contribution in [0.2, 0.25) is 0 Å². The molecular weight excluding hydrogens is 252 g/mol. The zero-order chi connectivity index (χ0) is 13.2. The monoisotopic (exact) mass is 272 g/mol. The lowest BCUT2D eigenvalue weighted by Gasteiger charge is -2.20. The normalized spacial score (nSPS) is 16.8. The number of hydrogen-bond donors (Lipinski definition) is 1. The predicted octanol–water partition coefficient (Wildman–Crippen LogP) is 4.11. The first kappa shape index (κ1) is 12.8. The molecule has 2 nitrogen and oxygen atoms in total. The first-order chi connectivity index (χ1) is 9.24. The van der Waals surface area contributed by atoms with Gasteiger partial charge in [-0.1, -0.05) is 24.3 Å². The van der Waals surface area contributed by atoms with Crippen molar-refractivity contribution in [2.45, 2.75) is 44.7 Å². The van der Waals surface area contributed by atoms with Crippen LogP contribution in [0.5, 0.6) is 0 Å². The molecule has 1 fully saturated rings. The summed E-state index contributed by atoms with van der Waals surface area (Å²) in [7, 11) is 0. The highest BCUT2D eigenvalue weighted by Crippen LogP contribution is 2.40. The van der Waals surface area contributed by atoms with Crippen LogP contribution in [0.4, 0.5) is 0 Å². The van der Waals surface area contributed by atoms with Gasteiger partial charge in [-0.05, 0) is 43.7 Å². The third-order valence-electron chi connectivity index (χ3n) is 3.52. The van der Waals surface area contributed by atoms with Gasteiger partial charge >= 0.3 is 0 Å². The Labute approximate surface area is 118 Å². The van der Waals surface area contributed by atoms with Crippen LogP contribution >= 0.6 is 11.3 Å². The summed E-state index contributed by atoms with van der Waals surface area (Å²) >= 11 is 1.72. The van der Waals surface area contributed by atoms with Crippen LogP contribution in [0.25, 0.3) is 0 Å². The van der Waals surface area contributed by atoms with E-state index in [4.69, 9.17) is 0 Å². The molecule has 1 aliphatic rings. The van der Waals surface area contributed by atoms with Crippen LogP contribution in [0.1, 0.15) is 54.8 Å². The highest BCUT2D eigenvalue weighted by Gasteiger charge is 2.24. The maximum atomic E-state index is 4.47. The lowest BCUT2D eigenvalue weighted by molar-refractivity contribution is 0.527. The summed E-state index contributed by atoms with van der Waals surface area (Å²) in [5.41, 5.74) is 2.80. The molecule has 0 saturated heterocycles. The number of nitrogens with zero attached hydrogens (tertiary/aromatic N) is 1. The van der Waals surface area contributed by atoms with Crippen molar-refractivity contribution in [3.8, 4) is 0 Å². The standard InChI is InChI=1S/C16H20N2S/c1-11(2)18-15(16-17-9-10-19-16)14-7-5-13(6-8-14)12-3-4-12/h5-12,15,18H,3-4H2,1-2H3. The van der Waals surface area contributed by atoms with Crippen molar-refractivity contribution in [1.82, 2.24) is 10.3 Å². The first-order valence-electron chi connectivity index (χ1n) is 6.99. The fourth-order valence-electron chi connectivity index (χ4n) is 2.40. The third kappa shape index (κ3) is 3.04. The number of hydrogen-bond acceptors (Lipinski definition) is 3. The Kier molecular flexibility index (Phi) is 3.67. The first-order valence-corrected chi connectivity index (χ1v) is 7.87. The summed E-state index contributed by atoms with van der Waals surface area (Å²) in [6.45, 7) is 4.36. The Hall–Kier alpha value is -1.19. The number of rotatable bonds is 5. The van der Waals surface area contributed by atoms with E-state index in [0.717, 1.165) is 10.9 Å². The van der Waals surface area contributed by atoms with E-state index >= 15 is 0 Å². The van der Waals surface area contributed by atoms with E-state index in [1.165, 1.54) is 24.0 Å². The Bertz CT molecular complexity index is 512. The Morgan fingerprint density at radius 1 is 1.21 bits per heavy atom. The molecule has 1 N–H and O–H groups in total. The fraction of sp³-hybridized carbons (Fsp3) is 0.438. The van der Waals surface area contributed by atoms with Crippen LogP contribution in [-0.4, -0.2) is 11.0 Å². The molecule has 100 valence electrons. The van der Waals surface area contributed by atoms with E-state index in [0.29, 0.717) is 6.04 Å². The van der Waals surface area contributed by atoms with Gasteiger partial charge < -0.3 is 5.32 Å². The molecule has 0 spiro atoms. The topological polar surface area (TPSA) is 24.9 Å². The summed E-state index contributed by atoms with van der Waals surface area (Å²) in [6, 6.07) is 9.75. The lowest BCUT2D eigenvalue weighted by atomic mass is 10.0. The van der Waals surface area contributed by atoms with Gasteiger partial charge in [0.15, 0.2) is 0 Å². The molecule has 1 atom stereocenters. The second-order valence-electron chi connectivity index (χ2n) is 5.57. The van der Waals surface area contributed by atoms with Gasteiger partial charge in [-0.15, -0.1) is 11.3 Å². The van der Waals surface area contributed by atoms with Crippen molar-refractivity contribution in [1.29, 1.82) is 0 Å². The highest BCUT2D eigenvalue weighted by atomic mass is 32.1. The van der Waals surface area contributed by atoms with E-state index in [-0.39, 0.29) is 6.04 Å². The van der Waals surface area contributed by atoms with Gasteiger partial charge in [0.05, 0.1) is 6.04 Å². The number of nitrogens with one attached hydrogen (secondary N) is 1. The molecule has 1 aromatic heterocycles. The molecule has 3 heteroatoms. The Morgan fingerprint density at radius 3 is 2.47 bits per heavy atom. The van der Waals surface area contributed by atoms with Crippen LogP contribution in [0.3, 0.4) is 0 Å². The summed E-state index contributed by atoms with van der Waals surface area (Å²) < 4.78 is 0. The van der Waals surface area contributed by atoms with E-state index in [1.54, 1.807) is 11.3 Å². The average Bonchev–Trinajstić information content (AvgIpc) is 3.12. The third-order valence-corrected chi connectivity index (χ3v) is 4.36. The largest absolute Gasteiger partial charge is 0.302 e. The molecule has 1 aliphatic carbocycles. The molecule has 1 saturated carbocycles. The molecule has 19 heavy (non-hydrogen) atoms. The van der Waals surface area contributed by atoms with Gasteiger partial charge in [0, 0.05) is 17.6 Å². The summed E-state index contributed by atoms with van der Waals surface area (Å²) in [6.07, 6.45) is 4.60. The summed E-state index contributed by atoms with van der Waals surface area (Å²) in [5, 5.41) is 6.80. The van der Waals surface area contributed by atoms with Gasteiger partial charge in [-0.3, -0.25) is 0 Å². The minimum absolute atomic E-state index is 0.216. The van der Waals surface area contributed by atoms with E-state index in [9.17, 15) is 0 Å². The van der Waals surface area contributed by atoms with Crippen LogP contribution in [0.15, 0.2) is 35.8 Å². The summed E-state index contributed by atoms with van der Waals surface area (Å²) in [4.78, 5) is 4.47. The second kappa shape index (κ2) is 5.43. The highest BCUT2D eigenvalue weighted by molar-refractivity contribution is 7.09. The number of aromatic nitrogens is 1. The predicted molar refractivity (Wildman–Crippen MR) is 80.6 cm³/mol. The Balaban J connectivity index is 1.85. The second-order valence-corrected chi connectivity index (χ2v) is 6.49. The summed E-state index contributed by atoms with van der Waals surface area (Å²) in [5.74, 6) is 0.824. The van der Waals surface area contributed by atoms with Gasteiger partial charge in [0.1, 0.15) is 5.01 Å². The molecular formula is C16H20N2S. The maximum Gasteiger partial charge on any atom is 0.114 e. The number of benzene rings is 1. The SMILES string of the molecule is CC(C)NC(c1ccc(C2CC2)cc1)c1nccs1. The minimum atomic E-state index is 0.216. The number of thiazole rings is 1. The molecule has 1 aromatic carbocycles. The van der Waals surface area contributed by atoms with Crippen molar-refractivity contribution < 1.29 is 0 Å². The molecule has 0 aliphatic heterocycles. The lowest BCUT2D eigenvalue weighted by Crippen LogP contribution is -2.28. The Morgan fingerprint density at radius 2 is 1.95 bits per heavy atom. The minimum Gasteiger partial charge on any atom is -0.302 e. The van der Waals surface area contributed by atoms with Gasteiger partial charge in [0.2, 0.25) is 0 Å². The zero-order valence-electron chi connectivity index (χ0n) is 11.5. The van der Waals surface area contributed by atoms with Crippen molar-refractivity contribution in [2.75, 3.05) is 0 Å². The van der Waals surface area contributed by atoms with E-state index in [1.807, 2.05) is 11.6 Å². The van der Waals surface area contributed by atoms with E-state index in [2.05, 4.69) is 48.4 Å². The van der Waals surface area contributed by atoms with Crippen molar-refractivity contribution >= 4 is 11.3 Å². The molecule has 2 aromatic rings. The molecule has 0 radical (unpaired) electrons. The van der Waals surface area contributed by atoms with Crippen molar-refractivity contribution in [3.63, 3.8) is 0 Å².